The van der Waals surface area contributed by atoms with Gasteiger partial charge in [-0.25, -0.2) is 0 Å². The van der Waals surface area contributed by atoms with Crippen LogP contribution in [-0.2, 0) is 4.79 Å². The second-order valence-corrected chi connectivity index (χ2v) is 3.58. The maximum absolute atomic E-state index is 11.9. The molecular weight excluding hydrogens is 200 g/mol. The van der Waals surface area contributed by atoms with E-state index in [2.05, 4.69) is 0 Å². The van der Waals surface area contributed by atoms with Crippen LogP contribution < -0.4 is 4.90 Å². The molecule has 0 heterocycles. The maximum atomic E-state index is 11.9. The lowest BCUT2D eigenvalue weighted by molar-refractivity contribution is -0.118. The molecule has 1 amide bonds. The number of para-hydroxylation sites is 1. The van der Waals surface area contributed by atoms with E-state index in [0.717, 1.165) is 18.5 Å². The summed E-state index contributed by atoms with van der Waals surface area (Å²) < 4.78 is 0. The van der Waals surface area contributed by atoms with Crippen LogP contribution in [0.25, 0.3) is 0 Å². The van der Waals surface area contributed by atoms with Crippen molar-refractivity contribution in [1.82, 2.24) is 0 Å². The summed E-state index contributed by atoms with van der Waals surface area (Å²) in [6.45, 7) is 2.16. The van der Waals surface area contributed by atoms with Crippen LogP contribution >= 0.6 is 0 Å². The molecule has 0 unspecified atom stereocenters. The van der Waals surface area contributed by atoms with E-state index in [1.54, 1.807) is 0 Å². The SMILES string of the molecule is CCCCC(=O)N(CC#N)c1ccccc1. The van der Waals surface area contributed by atoms with Crippen molar-refractivity contribution < 1.29 is 4.79 Å². The molecule has 0 radical (unpaired) electrons. The molecule has 0 atom stereocenters. The summed E-state index contributed by atoms with van der Waals surface area (Å²) in [5.41, 5.74) is 0.796. The second-order valence-electron chi connectivity index (χ2n) is 3.58. The zero-order valence-corrected chi connectivity index (χ0v) is 9.52. The highest BCUT2D eigenvalue weighted by atomic mass is 16.2. The summed E-state index contributed by atoms with van der Waals surface area (Å²) >= 11 is 0. The Morgan fingerprint density at radius 3 is 2.62 bits per heavy atom. The zero-order chi connectivity index (χ0) is 11.8. The van der Waals surface area contributed by atoms with Gasteiger partial charge >= 0.3 is 0 Å². The molecule has 1 rings (SSSR count). The van der Waals surface area contributed by atoms with Crippen molar-refractivity contribution >= 4 is 11.6 Å². The number of rotatable bonds is 5. The standard InChI is InChI=1S/C13H16N2O/c1-2-3-9-13(16)15(11-10-14)12-7-5-4-6-8-12/h4-8H,2-3,9,11H2,1H3. The number of hydrogen-bond donors (Lipinski definition) is 0. The number of benzene rings is 1. The normalized spacial score (nSPS) is 9.50. The molecule has 0 bridgehead atoms. The van der Waals surface area contributed by atoms with Gasteiger partial charge in [-0.3, -0.25) is 9.69 Å². The topological polar surface area (TPSA) is 44.1 Å². The number of unbranched alkanes of at least 4 members (excludes halogenated alkanes) is 1. The van der Waals surface area contributed by atoms with Gasteiger partial charge < -0.3 is 0 Å². The summed E-state index contributed by atoms with van der Waals surface area (Å²) in [5.74, 6) is 0.0228. The van der Waals surface area contributed by atoms with Crippen molar-refractivity contribution in [3.05, 3.63) is 30.3 Å². The number of carbonyl (C=O) groups is 1. The first-order valence-corrected chi connectivity index (χ1v) is 5.52. The monoisotopic (exact) mass is 216 g/mol. The van der Waals surface area contributed by atoms with Crippen LogP contribution in [0.1, 0.15) is 26.2 Å². The molecule has 3 heteroatoms. The molecule has 0 saturated heterocycles. The molecule has 0 saturated carbocycles. The molecular formula is C13H16N2O. The van der Waals surface area contributed by atoms with Gasteiger partial charge in [0.2, 0.25) is 5.91 Å². The van der Waals surface area contributed by atoms with Crippen LogP contribution in [0.3, 0.4) is 0 Å². The summed E-state index contributed by atoms with van der Waals surface area (Å²) in [5, 5.41) is 8.73. The minimum atomic E-state index is 0.0228. The highest BCUT2D eigenvalue weighted by Crippen LogP contribution is 2.14. The molecule has 1 aromatic carbocycles. The fraction of sp³-hybridized carbons (Fsp3) is 0.385. The van der Waals surface area contributed by atoms with Gasteiger partial charge in [0.05, 0.1) is 6.07 Å². The molecule has 0 aliphatic rings. The van der Waals surface area contributed by atoms with E-state index in [1.807, 2.05) is 43.3 Å². The second kappa shape index (κ2) is 6.62. The zero-order valence-electron chi connectivity index (χ0n) is 9.52. The quantitative estimate of drug-likeness (QED) is 0.710. The van der Waals surface area contributed by atoms with Crippen LogP contribution in [-0.4, -0.2) is 12.5 Å². The minimum absolute atomic E-state index is 0.0228. The Kier molecular flexibility index (Phi) is 5.07. The number of carbonyl (C=O) groups excluding carboxylic acids is 1. The minimum Gasteiger partial charge on any atom is -0.299 e. The molecule has 84 valence electrons. The molecule has 3 nitrogen and oxygen atoms in total. The van der Waals surface area contributed by atoms with Crippen molar-refractivity contribution in [1.29, 1.82) is 5.26 Å². The molecule has 0 spiro atoms. The van der Waals surface area contributed by atoms with Crippen LogP contribution in [0.4, 0.5) is 5.69 Å². The highest BCUT2D eigenvalue weighted by molar-refractivity contribution is 5.93. The first-order valence-electron chi connectivity index (χ1n) is 5.52. The Balaban J connectivity index is 2.76. The summed E-state index contributed by atoms with van der Waals surface area (Å²) in [6.07, 6.45) is 2.36. The van der Waals surface area contributed by atoms with E-state index in [4.69, 9.17) is 5.26 Å². The number of amides is 1. The fourth-order valence-corrected chi connectivity index (χ4v) is 1.47. The van der Waals surface area contributed by atoms with Gasteiger partial charge in [0.15, 0.2) is 0 Å². The Labute approximate surface area is 96.3 Å². The average molecular weight is 216 g/mol. The number of hydrogen-bond acceptors (Lipinski definition) is 2. The maximum Gasteiger partial charge on any atom is 0.227 e. The Morgan fingerprint density at radius 2 is 2.06 bits per heavy atom. The van der Waals surface area contributed by atoms with Gasteiger partial charge in [0.25, 0.3) is 0 Å². The molecule has 0 fully saturated rings. The smallest absolute Gasteiger partial charge is 0.227 e. The highest BCUT2D eigenvalue weighted by Gasteiger charge is 2.13. The molecule has 0 aliphatic carbocycles. The van der Waals surface area contributed by atoms with E-state index < -0.39 is 0 Å². The van der Waals surface area contributed by atoms with Crippen molar-refractivity contribution in [2.24, 2.45) is 0 Å². The van der Waals surface area contributed by atoms with Gasteiger partial charge in [-0.1, -0.05) is 31.5 Å². The van der Waals surface area contributed by atoms with Crippen molar-refractivity contribution in [3.8, 4) is 6.07 Å². The third-order valence-electron chi connectivity index (χ3n) is 2.34. The van der Waals surface area contributed by atoms with Crippen molar-refractivity contribution in [3.63, 3.8) is 0 Å². The molecule has 16 heavy (non-hydrogen) atoms. The van der Waals surface area contributed by atoms with Gasteiger partial charge in [0.1, 0.15) is 6.54 Å². The van der Waals surface area contributed by atoms with Gasteiger partial charge in [-0.2, -0.15) is 5.26 Å². The fourth-order valence-electron chi connectivity index (χ4n) is 1.47. The predicted octanol–water partition coefficient (Wildman–Crippen LogP) is 2.73. The first-order chi connectivity index (χ1) is 7.79. The number of nitrogens with zero attached hydrogens (tertiary/aromatic N) is 2. The Hall–Kier alpha value is -1.82. The van der Waals surface area contributed by atoms with Crippen LogP contribution in [0.2, 0.25) is 0 Å². The van der Waals surface area contributed by atoms with Crippen LogP contribution in [0, 0.1) is 11.3 Å². The van der Waals surface area contributed by atoms with Crippen molar-refractivity contribution in [2.75, 3.05) is 11.4 Å². The van der Waals surface area contributed by atoms with Gasteiger partial charge in [-0.15, -0.1) is 0 Å². The summed E-state index contributed by atoms with van der Waals surface area (Å²) in [6, 6.07) is 11.4. The lowest BCUT2D eigenvalue weighted by Crippen LogP contribution is -2.30. The third-order valence-corrected chi connectivity index (χ3v) is 2.34. The van der Waals surface area contributed by atoms with E-state index in [9.17, 15) is 4.79 Å². The van der Waals surface area contributed by atoms with Gasteiger partial charge in [0, 0.05) is 12.1 Å². The summed E-state index contributed by atoms with van der Waals surface area (Å²) in [4.78, 5) is 13.4. The Bertz CT molecular complexity index is 367. The number of anilines is 1. The van der Waals surface area contributed by atoms with Crippen LogP contribution in [0.15, 0.2) is 30.3 Å². The van der Waals surface area contributed by atoms with E-state index in [-0.39, 0.29) is 12.5 Å². The van der Waals surface area contributed by atoms with Gasteiger partial charge in [-0.05, 0) is 18.6 Å². The Morgan fingerprint density at radius 1 is 1.38 bits per heavy atom. The summed E-state index contributed by atoms with van der Waals surface area (Å²) in [7, 11) is 0. The largest absolute Gasteiger partial charge is 0.299 e. The average Bonchev–Trinajstić information content (AvgIpc) is 2.34. The molecule has 0 N–H and O–H groups in total. The third kappa shape index (κ3) is 3.39. The van der Waals surface area contributed by atoms with E-state index >= 15 is 0 Å². The molecule has 1 aromatic rings. The predicted molar refractivity (Wildman–Crippen MR) is 63.9 cm³/mol. The van der Waals surface area contributed by atoms with E-state index in [1.165, 1.54) is 4.90 Å². The molecule has 0 aromatic heterocycles. The molecule has 0 aliphatic heterocycles. The number of nitriles is 1. The van der Waals surface area contributed by atoms with Crippen LogP contribution in [0.5, 0.6) is 0 Å². The lowest BCUT2D eigenvalue weighted by atomic mass is 10.2. The first kappa shape index (κ1) is 12.3. The van der Waals surface area contributed by atoms with Crippen molar-refractivity contribution in [2.45, 2.75) is 26.2 Å². The van der Waals surface area contributed by atoms with E-state index in [0.29, 0.717) is 6.42 Å². The lowest BCUT2D eigenvalue weighted by Gasteiger charge is -2.19.